The summed E-state index contributed by atoms with van der Waals surface area (Å²) in [6, 6.07) is 9.80. The number of para-hydroxylation sites is 1. The van der Waals surface area contributed by atoms with E-state index in [1.165, 1.54) is 7.11 Å². The van der Waals surface area contributed by atoms with Gasteiger partial charge in [0.1, 0.15) is 0 Å². The SMILES string of the molecule is COC(=O)CCCCCC[C@H]1[C@@H](O[Si](C)(C)C(C)(C)C)CC(O[Si](C)(C)C(C)(C)C)[C@@H]1CCC(O)C=Nc1ccccc1. The monoisotopic (exact) mass is 633 g/mol. The molecule has 0 radical (unpaired) electrons. The van der Waals surface area contributed by atoms with Gasteiger partial charge in [0.05, 0.1) is 31.1 Å². The minimum absolute atomic E-state index is 0.118. The molecule has 0 spiro atoms. The fourth-order valence-corrected chi connectivity index (χ4v) is 8.30. The van der Waals surface area contributed by atoms with Crippen LogP contribution in [0.1, 0.15) is 99.3 Å². The first-order valence-electron chi connectivity index (χ1n) is 16.6. The van der Waals surface area contributed by atoms with Crippen molar-refractivity contribution in [2.24, 2.45) is 16.8 Å². The molecule has 1 aromatic rings. The number of aliphatic hydroxyl groups excluding tert-OH is 1. The minimum Gasteiger partial charge on any atom is -0.469 e. The van der Waals surface area contributed by atoms with Gasteiger partial charge in [-0.1, -0.05) is 79.0 Å². The molecule has 6 nitrogen and oxygen atoms in total. The molecule has 0 amide bonds. The third-order valence-electron chi connectivity index (χ3n) is 10.3. The molecule has 0 bridgehead atoms. The van der Waals surface area contributed by atoms with Gasteiger partial charge in [0.25, 0.3) is 0 Å². The summed E-state index contributed by atoms with van der Waals surface area (Å²) >= 11 is 0. The molecule has 2 unspecified atom stereocenters. The predicted octanol–water partition coefficient (Wildman–Crippen LogP) is 9.46. The van der Waals surface area contributed by atoms with Crippen LogP contribution < -0.4 is 0 Å². The smallest absolute Gasteiger partial charge is 0.305 e. The van der Waals surface area contributed by atoms with Crippen molar-refractivity contribution < 1.29 is 23.5 Å². The van der Waals surface area contributed by atoms with Gasteiger partial charge in [-0.2, -0.15) is 0 Å². The van der Waals surface area contributed by atoms with E-state index >= 15 is 0 Å². The second kappa shape index (κ2) is 16.3. The Balaban J connectivity index is 2.27. The van der Waals surface area contributed by atoms with Crippen LogP contribution in [0.2, 0.25) is 36.3 Å². The Kier molecular flexibility index (Phi) is 14.3. The molecular formula is C35H63NO5Si2. The zero-order valence-corrected chi connectivity index (χ0v) is 31.2. The number of hydrogen-bond acceptors (Lipinski definition) is 6. The van der Waals surface area contributed by atoms with Crippen LogP contribution in [-0.4, -0.2) is 59.3 Å². The summed E-state index contributed by atoms with van der Waals surface area (Å²) in [4.78, 5) is 16.1. The molecule has 5 atom stereocenters. The van der Waals surface area contributed by atoms with Crippen LogP contribution in [0, 0.1) is 11.8 Å². The minimum atomic E-state index is -2.02. The number of unbranched alkanes of at least 4 members (excludes halogenated alkanes) is 3. The number of hydrogen-bond donors (Lipinski definition) is 1. The second-order valence-electron chi connectivity index (χ2n) is 15.7. The van der Waals surface area contributed by atoms with Gasteiger partial charge >= 0.3 is 5.97 Å². The number of aliphatic imine (C=N–C) groups is 1. The lowest BCUT2D eigenvalue weighted by Gasteiger charge is -2.40. The topological polar surface area (TPSA) is 77.4 Å². The number of carbonyl (C=O) groups is 1. The van der Waals surface area contributed by atoms with E-state index in [9.17, 15) is 9.90 Å². The molecule has 0 heterocycles. The zero-order valence-electron chi connectivity index (χ0n) is 29.2. The molecule has 1 saturated carbocycles. The van der Waals surface area contributed by atoms with Crippen LogP contribution in [0.25, 0.3) is 0 Å². The van der Waals surface area contributed by atoms with E-state index in [-0.39, 0.29) is 28.3 Å². The number of aliphatic hydroxyl groups is 1. The summed E-state index contributed by atoms with van der Waals surface area (Å²) in [5, 5.41) is 11.2. The summed E-state index contributed by atoms with van der Waals surface area (Å²) < 4.78 is 19.2. The summed E-state index contributed by atoms with van der Waals surface area (Å²) in [6.07, 6.45) is 9.48. The molecule has 1 aliphatic carbocycles. The predicted molar refractivity (Wildman–Crippen MR) is 185 cm³/mol. The standard InChI is InChI=1S/C35H63NO5Si2/c1-34(2,3)42(8,9)40-31-25-32(41-43(10,11)35(4,5)6)30(29(31)21-17-12-13-18-22-33(38)39-7)24-23-28(37)26-36-27-19-15-14-16-20-27/h14-16,19-20,26,28-32,37H,12-13,17-18,21-25H2,1-11H3/t28?,29-,30-,31+,32?/m1/s1. The number of carbonyl (C=O) groups excluding carboxylic acids is 1. The quantitative estimate of drug-likeness (QED) is 0.0849. The Morgan fingerprint density at radius 1 is 0.884 bits per heavy atom. The zero-order chi connectivity index (χ0) is 32.5. The second-order valence-corrected chi connectivity index (χ2v) is 25.2. The maximum absolute atomic E-state index is 11.6. The maximum Gasteiger partial charge on any atom is 0.305 e. The lowest BCUT2D eigenvalue weighted by Crippen LogP contribution is -2.45. The third kappa shape index (κ3) is 11.8. The number of benzene rings is 1. The van der Waals surface area contributed by atoms with Gasteiger partial charge in [0.2, 0.25) is 0 Å². The summed E-state index contributed by atoms with van der Waals surface area (Å²) in [6.45, 7) is 23.3. The normalized spacial score (nSPS) is 22.7. The molecule has 2 rings (SSSR count). The van der Waals surface area contributed by atoms with Crippen molar-refractivity contribution in [1.82, 2.24) is 0 Å². The van der Waals surface area contributed by atoms with Crippen molar-refractivity contribution in [3.63, 3.8) is 0 Å². The van der Waals surface area contributed by atoms with Crippen LogP contribution in [0.5, 0.6) is 0 Å². The molecule has 1 aliphatic rings. The van der Waals surface area contributed by atoms with Crippen molar-refractivity contribution >= 4 is 34.5 Å². The highest BCUT2D eigenvalue weighted by atomic mass is 28.4. The van der Waals surface area contributed by atoms with Gasteiger partial charge in [-0.3, -0.25) is 9.79 Å². The number of rotatable bonds is 16. The number of methoxy groups -OCH3 is 1. The first kappa shape index (κ1) is 37.9. The van der Waals surface area contributed by atoms with Gasteiger partial charge in [-0.05, 0) is 92.3 Å². The van der Waals surface area contributed by atoms with Crippen LogP contribution in [0.4, 0.5) is 5.69 Å². The fourth-order valence-electron chi connectivity index (χ4n) is 5.54. The average Bonchev–Trinajstić information content (AvgIpc) is 3.21. The highest BCUT2D eigenvalue weighted by molar-refractivity contribution is 6.74. The lowest BCUT2D eigenvalue weighted by atomic mass is 9.85. The van der Waals surface area contributed by atoms with Gasteiger partial charge in [0, 0.05) is 12.6 Å². The molecule has 43 heavy (non-hydrogen) atoms. The lowest BCUT2D eigenvalue weighted by molar-refractivity contribution is -0.140. The van der Waals surface area contributed by atoms with Gasteiger partial charge in [-0.25, -0.2) is 0 Å². The van der Waals surface area contributed by atoms with E-state index in [4.69, 9.17) is 13.6 Å². The Morgan fingerprint density at radius 2 is 1.40 bits per heavy atom. The maximum atomic E-state index is 11.6. The molecule has 246 valence electrons. The summed E-state index contributed by atoms with van der Waals surface area (Å²) in [7, 11) is -2.57. The molecule has 0 saturated heterocycles. The summed E-state index contributed by atoms with van der Waals surface area (Å²) in [5.41, 5.74) is 0.856. The van der Waals surface area contributed by atoms with Crippen LogP contribution in [0.15, 0.2) is 35.3 Å². The Bertz CT molecular complexity index is 1000. The highest BCUT2D eigenvalue weighted by Crippen LogP contribution is 2.49. The van der Waals surface area contributed by atoms with E-state index in [1.54, 1.807) is 6.21 Å². The van der Waals surface area contributed by atoms with E-state index in [0.717, 1.165) is 50.6 Å². The van der Waals surface area contributed by atoms with Gasteiger partial charge < -0.3 is 18.7 Å². The molecule has 1 aromatic carbocycles. The van der Waals surface area contributed by atoms with Crippen molar-refractivity contribution in [2.45, 2.75) is 154 Å². The molecule has 8 heteroatoms. The largest absolute Gasteiger partial charge is 0.469 e. The van der Waals surface area contributed by atoms with E-state index in [1.807, 2.05) is 30.3 Å². The molecule has 0 aromatic heterocycles. The molecule has 0 aliphatic heterocycles. The Hall–Kier alpha value is -1.33. The van der Waals surface area contributed by atoms with E-state index in [0.29, 0.717) is 24.7 Å². The highest BCUT2D eigenvalue weighted by Gasteiger charge is 2.51. The van der Waals surface area contributed by atoms with Crippen molar-refractivity contribution in [2.75, 3.05) is 7.11 Å². The first-order valence-corrected chi connectivity index (χ1v) is 22.4. The Labute approximate surface area is 265 Å². The van der Waals surface area contributed by atoms with Crippen molar-refractivity contribution in [1.29, 1.82) is 0 Å². The molecule has 1 fully saturated rings. The number of ether oxygens (including phenoxy) is 1. The van der Waals surface area contributed by atoms with E-state index < -0.39 is 22.7 Å². The average molecular weight is 634 g/mol. The Morgan fingerprint density at radius 3 is 1.91 bits per heavy atom. The molecular weight excluding hydrogens is 571 g/mol. The number of esters is 1. The molecule has 1 N–H and O–H groups in total. The van der Waals surface area contributed by atoms with Crippen molar-refractivity contribution in [3.05, 3.63) is 30.3 Å². The fraction of sp³-hybridized carbons (Fsp3) is 0.771. The van der Waals surface area contributed by atoms with Crippen molar-refractivity contribution in [3.8, 4) is 0 Å². The summed E-state index contributed by atoms with van der Waals surface area (Å²) in [5.74, 6) is 0.570. The van der Waals surface area contributed by atoms with Crippen LogP contribution in [-0.2, 0) is 18.4 Å². The third-order valence-corrected chi connectivity index (χ3v) is 19.3. The van der Waals surface area contributed by atoms with Gasteiger partial charge in [0.15, 0.2) is 16.6 Å². The van der Waals surface area contributed by atoms with Crippen LogP contribution >= 0.6 is 0 Å². The van der Waals surface area contributed by atoms with Crippen LogP contribution in [0.3, 0.4) is 0 Å². The number of nitrogens with zero attached hydrogens (tertiary/aromatic N) is 1. The van der Waals surface area contributed by atoms with Gasteiger partial charge in [-0.15, -0.1) is 0 Å². The first-order chi connectivity index (χ1) is 19.9. The van der Waals surface area contributed by atoms with E-state index in [2.05, 4.69) is 72.7 Å².